The third kappa shape index (κ3) is 3.71. The van der Waals surface area contributed by atoms with Gasteiger partial charge in [-0.2, -0.15) is 0 Å². The van der Waals surface area contributed by atoms with Crippen LogP contribution in [0.4, 0.5) is 0 Å². The van der Waals surface area contributed by atoms with Crippen LogP contribution in [0.2, 0.25) is 0 Å². The van der Waals surface area contributed by atoms with Crippen molar-refractivity contribution in [3.05, 3.63) is 18.2 Å². The second kappa shape index (κ2) is 4.44. The Morgan fingerprint density at radius 2 is 2.33 bits per heavy atom. The zero-order valence-electron chi connectivity index (χ0n) is 9.45. The summed E-state index contributed by atoms with van der Waals surface area (Å²) in [6, 6.07) is 0. The second-order valence-electron chi connectivity index (χ2n) is 4.33. The Balaban J connectivity index is 2.49. The van der Waals surface area contributed by atoms with E-state index >= 15 is 0 Å². The molecule has 0 radical (unpaired) electrons. The molecule has 15 heavy (non-hydrogen) atoms. The van der Waals surface area contributed by atoms with Gasteiger partial charge in [-0.1, -0.05) is 0 Å². The Kier molecular flexibility index (Phi) is 3.47. The van der Waals surface area contributed by atoms with Crippen molar-refractivity contribution < 1.29 is 4.79 Å². The first-order valence-corrected chi connectivity index (χ1v) is 4.90. The van der Waals surface area contributed by atoms with Gasteiger partial charge in [-0.15, -0.1) is 0 Å². The van der Waals surface area contributed by atoms with Crippen LogP contribution in [0.5, 0.6) is 0 Å². The number of carbonyl (C=O) groups is 1. The van der Waals surface area contributed by atoms with Crippen molar-refractivity contribution in [2.75, 3.05) is 0 Å². The lowest BCUT2D eigenvalue weighted by Crippen LogP contribution is -2.42. The van der Waals surface area contributed by atoms with E-state index in [2.05, 4.69) is 10.3 Å². The minimum Gasteiger partial charge on any atom is -0.370 e. The summed E-state index contributed by atoms with van der Waals surface area (Å²) in [5.41, 5.74) is 4.86. The number of aryl methyl sites for hydroxylation is 1. The largest absolute Gasteiger partial charge is 0.370 e. The van der Waals surface area contributed by atoms with Gasteiger partial charge in [-0.3, -0.25) is 4.79 Å². The molecule has 1 amide bonds. The molecule has 0 saturated heterocycles. The van der Waals surface area contributed by atoms with Crippen LogP contribution in [0.1, 0.15) is 26.1 Å². The maximum atomic E-state index is 10.8. The van der Waals surface area contributed by atoms with E-state index in [-0.39, 0.29) is 11.4 Å². The number of nitrogens with two attached hydrogens (primary N) is 1. The Hall–Kier alpha value is -1.36. The molecule has 1 aromatic rings. The number of nitrogens with one attached hydrogen (secondary N) is 1. The Morgan fingerprint density at radius 1 is 1.67 bits per heavy atom. The first-order valence-electron chi connectivity index (χ1n) is 4.90. The van der Waals surface area contributed by atoms with Crippen LogP contribution >= 0.6 is 0 Å². The van der Waals surface area contributed by atoms with E-state index in [9.17, 15) is 4.79 Å². The van der Waals surface area contributed by atoms with Gasteiger partial charge in [0.25, 0.3) is 0 Å². The van der Waals surface area contributed by atoms with Crippen molar-refractivity contribution in [3.8, 4) is 0 Å². The van der Waals surface area contributed by atoms with Gasteiger partial charge < -0.3 is 15.6 Å². The van der Waals surface area contributed by atoms with Gasteiger partial charge >= 0.3 is 0 Å². The number of rotatable bonds is 5. The Bertz CT molecular complexity index is 343. The molecule has 1 heterocycles. The molecule has 0 atom stereocenters. The minimum atomic E-state index is -0.299. The van der Waals surface area contributed by atoms with E-state index in [0.29, 0.717) is 13.0 Å². The van der Waals surface area contributed by atoms with Crippen LogP contribution in [-0.4, -0.2) is 21.0 Å². The zero-order chi connectivity index (χ0) is 11.5. The third-order valence-electron chi connectivity index (χ3n) is 2.26. The van der Waals surface area contributed by atoms with Crippen LogP contribution in [0, 0.1) is 0 Å². The first-order chi connectivity index (χ1) is 6.91. The van der Waals surface area contributed by atoms with E-state index in [1.807, 2.05) is 31.7 Å². The predicted octanol–water partition coefficient (Wildman–Crippen LogP) is 0.164. The average molecular weight is 210 g/mol. The van der Waals surface area contributed by atoms with Crippen molar-refractivity contribution in [1.82, 2.24) is 14.9 Å². The monoisotopic (exact) mass is 210 g/mol. The normalized spacial score (nSPS) is 11.7. The van der Waals surface area contributed by atoms with E-state index in [4.69, 9.17) is 5.73 Å². The molecule has 0 fully saturated rings. The van der Waals surface area contributed by atoms with Crippen molar-refractivity contribution in [3.63, 3.8) is 0 Å². The zero-order valence-corrected chi connectivity index (χ0v) is 9.45. The molecule has 1 rings (SSSR count). The summed E-state index contributed by atoms with van der Waals surface area (Å²) in [5.74, 6) is 0.639. The summed E-state index contributed by atoms with van der Waals surface area (Å²) >= 11 is 0. The van der Waals surface area contributed by atoms with E-state index in [1.165, 1.54) is 0 Å². The van der Waals surface area contributed by atoms with Gasteiger partial charge in [0.1, 0.15) is 5.82 Å². The summed E-state index contributed by atoms with van der Waals surface area (Å²) < 4.78 is 1.94. The lowest BCUT2D eigenvalue weighted by molar-refractivity contribution is -0.119. The lowest BCUT2D eigenvalue weighted by atomic mass is 10.0. The fourth-order valence-electron chi connectivity index (χ4n) is 1.38. The summed E-state index contributed by atoms with van der Waals surface area (Å²) in [6.45, 7) is 4.52. The molecule has 0 aliphatic rings. The molecular weight excluding hydrogens is 192 g/mol. The number of hydrogen-bond donors (Lipinski definition) is 2. The van der Waals surface area contributed by atoms with Crippen LogP contribution in [0.25, 0.3) is 0 Å². The SMILES string of the molecule is Cn1ccnc1CNC(C)(C)CC(N)=O. The lowest BCUT2D eigenvalue weighted by Gasteiger charge is -2.24. The molecule has 0 unspecified atom stereocenters. The van der Waals surface area contributed by atoms with E-state index < -0.39 is 0 Å². The molecule has 0 aliphatic carbocycles. The van der Waals surface area contributed by atoms with Crippen molar-refractivity contribution in [1.29, 1.82) is 0 Å². The standard InChI is InChI=1S/C10H18N4O/c1-10(2,6-8(11)15)13-7-9-12-4-5-14(9)3/h4-5,13H,6-7H2,1-3H3,(H2,11,15). The maximum Gasteiger partial charge on any atom is 0.219 e. The highest BCUT2D eigenvalue weighted by atomic mass is 16.1. The molecule has 0 saturated carbocycles. The van der Waals surface area contributed by atoms with Crippen molar-refractivity contribution in [2.24, 2.45) is 12.8 Å². The molecule has 0 aliphatic heterocycles. The number of amides is 1. The van der Waals surface area contributed by atoms with Gasteiger partial charge in [-0.25, -0.2) is 4.98 Å². The predicted molar refractivity (Wildman–Crippen MR) is 57.9 cm³/mol. The van der Waals surface area contributed by atoms with Crippen LogP contribution in [-0.2, 0) is 18.4 Å². The number of primary amides is 1. The highest BCUT2D eigenvalue weighted by Crippen LogP contribution is 2.08. The number of aromatic nitrogens is 2. The number of hydrogen-bond acceptors (Lipinski definition) is 3. The topological polar surface area (TPSA) is 72.9 Å². The Labute approximate surface area is 89.7 Å². The molecule has 0 spiro atoms. The fraction of sp³-hybridized carbons (Fsp3) is 0.600. The van der Waals surface area contributed by atoms with Gasteiger partial charge in [-0.05, 0) is 13.8 Å². The van der Waals surface area contributed by atoms with Gasteiger partial charge in [0.15, 0.2) is 0 Å². The summed E-state index contributed by atoms with van der Waals surface area (Å²) in [6.07, 6.45) is 3.95. The molecule has 3 N–H and O–H groups in total. The number of nitrogens with zero attached hydrogens (tertiary/aromatic N) is 2. The van der Waals surface area contributed by atoms with E-state index in [1.54, 1.807) is 6.20 Å². The summed E-state index contributed by atoms with van der Waals surface area (Å²) in [4.78, 5) is 15.0. The highest BCUT2D eigenvalue weighted by molar-refractivity contribution is 5.74. The molecular formula is C10H18N4O. The molecule has 0 aromatic carbocycles. The highest BCUT2D eigenvalue weighted by Gasteiger charge is 2.20. The molecule has 0 bridgehead atoms. The van der Waals surface area contributed by atoms with E-state index in [0.717, 1.165) is 5.82 Å². The molecule has 5 heteroatoms. The van der Waals surface area contributed by atoms with Gasteiger partial charge in [0, 0.05) is 31.4 Å². The molecule has 5 nitrogen and oxygen atoms in total. The smallest absolute Gasteiger partial charge is 0.219 e. The fourth-order valence-corrected chi connectivity index (χ4v) is 1.38. The average Bonchev–Trinajstić information content (AvgIpc) is 2.45. The number of imidazole rings is 1. The van der Waals surface area contributed by atoms with Gasteiger partial charge in [0.05, 0.1) is 6.54 Å². The van der Waals surface area contributed by atoms with Crippen LogP contribution < -0.4 is 11.1 Å². The molecule has 1 aromatic heterocycles. The first kappa shape index (κ1) is 11.7. The van der Waals surface area contributed by atoms with Crippen LogP contribution in [0.3, 0.4) is 0 Å². The van der Waals surface area contributed by atoms with Crippen molar-refractivity contribution >= 4 is 5.91 Å². The second-order valence-corrected chi connectivity index (χ2v) is 4.33. The quantitative estimate of drug-likeness (QED) is 0.727. The van der Waals surface area contributed by atoms with Crippen molar-refractivity contribution in [2.45, 2.75) is 32.4 Å². The third-order valence-corrected chi connectivity index (χ3v) is 2.26. The summed E-state index contributed by atoms with van der Waals surface area (Å²) in [7, 11) is 1.94. The Morgan fingerprint density at radius 3 is 2.80 bits per heavy atom. The number of carbonyl (C=O) groups excluding carboxylic acids is 1. The van der Waals surface area contributed by atoms with Gasteiger partial charge in [0.2, 0.25) is 5.91 Å². The van der Waals surface area contributed by atoms with Crippen LogP contribution in [0.15, 0.2) is 12.4 Å². The minimum absolute atomic E-state index is 0.294. The maximum absolute atomic E-state index is 10.8. The summed E-state index contributed by atoms with van der Waals surface area (Å²) in [5, 5.41) is 3.25. The molecule has 84 valence electrons.